The van der Waals surface area contributed by atoms with Crippen LogP contribution in [0.5, 0.6) is 0 Å². The molecule has 0 fully saturated rings. The molecule has 0 aliphatic carbocycles. The summed E-state index contributed by atoms with van der Waals surface area (Å²) in [6.45, 7) is 0. The van der Waals surface area contributed by atoms with Crippen molar-refractivity contribution in [3.63, 3.8) is 0 Å². The second kappa shape index (κ2) is 6.48. The lowest BCUT2D eigenvalue weighted by Crippen LogP contribution is -2.43. The first kappa shape index (κ1) is 15.4. The van der Waals surface area contributed by atoms with Gasteiger partial charge in [0.1, 0.15) is 6.10 Å². The normalized spacial score (nSPS) is 13.2. The number of carbonyl (C=O) groups excluding carboxylic acids is 2. The van der Waals surface area contributed by atoms with Crippen molar-refractivity contribution in [2.24, 2.45) is 11.5 Å². The highest BCUT2D eigenvalue weighted by molar-refractivity contribution is 5.79. The van der Waals surface area contributed by atoms with Crippen LogP contribution in [0.3, 0.4) is 0 Å². The molecule has 1 rings (SSSR count). The molecule has 0 heterocycles. The fraction of sp³-hybridized carbons (Fsp3) is 0.273. The van der Waals surface area contributed by atoms with Crippen LogP contribution in [0.1, 0.15) is 5.56 Å². The first-order valence-corrected chi connectivity index (χ1v) is 5.48. The summed E-state index contributed by atoms with van der Waals surface area (Å²) in [5.41, 5.74) is 10.1. The first-order valence-electron chi connectivity index (χ1n) is 5.48. The van der Waals surface area contributed by atoms with E-state index in [4.69, 9.17) is 11.5 Å². The number of carbonyl (C=O) groups is 2. The van der Waals surface area contributed by atoms with E-state index in [1.165, 1.54) is 24.3 Å². The highest BCUT2D eigenvalue weighted by Gasteiger charge is 2.27. The van der Waals surface area contributed by atoms with Gasteiger partial charge in [-0.3, -0.25) is 14.9 Å². The zero-order valence-electron chi connectivity index (χ0n) is 10.3. The number of hydrogen-bond donors (Lipinski definition) is 3. The van der Waals surface area contributed by atoms with E-state index in [9.17, 15) is 24.8 Å². The number of nitrogens with zero attached hydrogens (tertiary/aromatic N) is 1. The van der Waals surface area contributed by atoms with Gasteiger partial charge < -0.3 is 21.3 Å². The van der Waals surface area contributed by atoms with Crippen LogP contribution in [0.15, 0.2) is 24.3 Å². The lowest BCUT2D eigenvalue weighted by atomic mass is 10.0. The number of aliphatic hydroxyl groups excluding tert-OH is 1. The van der Waals surface area contributed by atoms with Gasteiger partial charge in [-0.1, -0.05) is 12.1 Å². The molecule has 1 aromatic rings. The molecule has 0 bridgehead atoms. The Morgan fingerprint density at radius 3 is 2.25 bits per heavy atom. The van der Waals surface area contributed by atoms with Crippen LogP contribution in [0.25, 0.3) is 0 Å². The standard InChI is InChI=1S/C11H13N3O6/c12-10(16)9(15)8(20-11(13)17)5-6-1-3-7(4-2-6)14(18)19/h1-4,8-9,15H,5H2,(H2,12,16)(H2,13,17). The molecule has 2 amide bonds. The van der Waals surface area contributed by atoms with Crippen LogP contribution in [-0.4, -0.2) is 34.2 Å². The molecule has 0 aromatic heterocycles. The van der Waals surface area contributed by atoms with Crippen molar-refractivity contribution in [3.05, 3.63) is 39.9 Å². The Morgan fingerprint density at radius 2 is 1.85 bits per heavy atom. The summed E-state index contributed by atoms with van der Waals surface area (Å²) >= 11 is 0. The molecule has 2 atom stereocenters. The van der Waals surface area contributed by atoms with Gasteiger partial charge in [0, 0.05) is 18.6 Å². The predicted molar refractivity (Wildman–Crippen MR) is 66.5 cm³/mol. The summed E-state index contributed by atoms with van der Waals surface area (Å²) in [5, 5.41) is 20.0. The molecule has 20 heavy (non-hydrogen) atoms. The lowest BCUT2D eigenvalue weighted by Gasteiger charge is -2.20. The minimum absolute atomic E-state index is 0.0644. The zero-order chi connectivity index (χ0) is 15.3. The van der Waals surface area contributed by atoms with E-state index in [-0.39, 0.29) is 12.1 Å². The van der Waals surface area contributed by atoms with Crippen LogP contribution >= 0.6 is 0 Å². The van der Waals surface area contributed by atoms with Crippen LogP contribution in [0.4, 0.5) is 10.5 Å². The Kier molecular flexibility index (Phi) is 4.98. The van der Waals surface area contributed by atoms with Gasteiger partial charge in [-0.15, -0.1) is 0 Å². The molecule has 0 spiro atoms. The zero-order valence-corrected chi connectivity index (χ0v) is 10.3. The van der Waals surface area contributed by atoms with Gasteiger partial charge in [0.2, 0.25) is 5.91 Å². The van der Waals surface area contributed by atoms with E-state index < -0.39 is 29.1 Å². The number of hydrogen-bond acceptors (Lipinski definition) is 6. The number of amides is 2. The molecule has 108 valence electrons. The van der Waals surface area contributed by atoms with Crippen LogP contribution in [0, 0.1) is 10.1 Å². The molecule has 0 radical (unpaired) electrons. The van der Waals surface area contributed by atoms with Gasteiger partial charge >= 0.3 is 6.09 Å². The number of nitrogens with two attached hydrogens (primary N) is 2. The quantitative estimate of drug-likeness (QED) is 0.469. The van der Waals surface area contributed by atoms with E-state index >= 15 is 0 Å². The van der Waals surface area contributed by atoms with Crippen molar-refractivity contribution >= 4 is 17.7 Å². The third-order valence-electron chi connectivity index (χ3n) is 2.50. The van der Waals surface area contributed by atoms with E-state index in [1.807, 2.05) is 0 Å². The Morgan fingerprint density at radius 1 is 1.30 bits per heavy atom. The molecule has 1 aromatic carbocycles. The number of benzene rings is 1. The molecule has 2 unspecified atom stereocenters. The number of primary amides is 2. The molecule has 0 saturated carbocycles. The number of rotatable bonds is 6. The lowest BCUT2D eigenvalue weighted by molar-refractivity contribution is -0.384. The number of ether oxygens (including phenoxy) is 1. The van der Waals surface area contributed by atoms with Gasteiger partial charge in [0.05, 0.1) is 4.92 Å². The Balaban J connectivity index is 2.86. The second-order valence-corrected chi connectivity index (χ2v) is 3.95. The third kappa shape index (κ3) is 4.21. The number of non-ortho nitro benzene ring substituents is 1. The number of aliphatic hydroxyl groups is 1. The van der Waals surface area contributed by atoms with E-state index in [0.717, 1.165) is 0 Å². The number of nitro groups is 1. The Hall–Kier alpha value is -2.68. The van der Waals surface area contributed by atoms with E-state index in [1.54, 1.807) is 0 Å². The van der Waals surface area contributed by atoms with Crippen molar-refractivity contribution in [1.29, 1.82) is 0 Å². The highest BCUT2D eigenvalue weighted by Crippen LogP contribution is 2.15. The van der Waals surface area contributed by atoms with Crippen molar-refractivity contribution in [2.75, 3.05) is 0 Å². The molecule has 9 heteroatoms. The van der Waals surface area contributed by atoms with Gasteiger partial charge in [0.25, 0.3) is 5.69 Å². The average molecular weight is 283 g/mol. The van der Waals surface area contributed by atoms with Gasteiger partial charge in [-0.25, -0.2) is 4.79 Å². The van der Waals surface area contributed by atoms with Crippen molar-refractivity contribution < 1.29 is 24.4 Å². The first-order chi connectivity index (χ1) is 9.31. The van der Waals surface area contributed by atoms with Gasteiger partial charge in [0.15, 0.2) is 6.10 Å². The molecule has 0 aliphatic rings. The highest BCUT2D eigenvalue weighted by atomic mass is 16.6. The number of nitro benzene ring substituents is 1. The van der Waals surface area contributed by atoms with Crippen LogP contribution in [0.2, 0.25) is 0 Å². The predicted octanol–water partition coefficient (Wildman–Crippen LogP) is -0.553. The average Bonchev–Trinajstić information content (AvgIpc) is 2.37. The van der Waals surface area contributed by atoms with E-state index in [2.05, 4.69) is 4.74 Å². The largest absolute Gasteiger partial charge is 0.443 e. The minimum Gasteiger partial charge on any atom is -0.443 e. The molecule has 0 saturated heterocycles. The van der Waals surface area contributed by atoms with Crippen LogP contribution < -0.4 is 11.5 Å². The summed E-state index contributed by atoms with van der Waals surface area (Å²) in [6, 6.07) is 5.30. The van der Waals surface area contributed by atoms with Crippen LogP contribution in [-0.2, 0) is 16.0 Å². The molecule has 9 nitrogen and oxygen atoms in total. The van der Waals surface area contributed by atoms with Gasteiger partial charge in [-0.2, -0.15) is 0 Å². The monoisotopic (exact) mass is 283 g/mol. The molecular weight excluding hydrogens is 270 g/mol. The van der Waals surface area contributed by atoms with Crippen molar-refractivity contribution in [3.8, 4) is 0 Å². The summed E-state index contributed by atoms with van der Waals surface area (Å²) in [4.78, 5) is 31.6. The molecule has 0 aliphatic heterocycles. The smallest absolute Gasteiger partial charge is 0.404 e. The van der Waals surface area contributed by atoms with Gasteiger partial charge in [-0.05, 0) is 5.56 Å². The van der Waals surface area contributed by atoms with E-state index in [0.29, 0.717) is 5.56 Å². The fourth-order valence-electron chi connectivity index (χ4n) is 1.54. The minimum atomic E-state index is -1.72. The Labute approximate surface area is 113 Å². The topological polar surface area (TPSA) is 159 Å². The molecular formula is C11H13N3O6. The third-order valence-corrected chi connectivity index (χ3v) is 2.50. The van der Waals surface area contributed by atoms with Crippen molar-refractivity contribution in [1.82, 2.24) is 0 Å². The molecule has 5 N–H and O–H groups in total. The second-order valence-electron chi connectivity index (χ2n) is 3.95. The maximum Gasteiger partial charge on any atom is 0.404 e. The maximum atomic E-state index is 10.9. The maximum absolute atomic E-state index is 10.9. The fourth-order valence-corrected chi connectivity index (χ4v) is 1.54. The summed E-state index contributed by atoms with van der Waals surface area (Å²) in [7, 11) is 0. The SMILES string of the molecule is NC(=O)OC(Cc1ccc([N+](=O)[O-])cc1)C(O)C(N)=O. The summed E-state index contributed by atoms with van der Waals surface area (Å²) in [5.74, 6) is -1.07. The summed E-state index contributed by atoms with van der Waals surface area (Å²) in [6.07, 6.45) is -4.22. The Bertz CT molecular complexity index is 515. The van der Waals surface area contributed by atoms with Crippen molar-refractivity contribution in [2.45, 2.75) is 18.6 Å². The summed E-state index contributed by atoms with van der Waals surface area (Å²) < 4.78 is 4.61.